The molecule has 0 saturated heterocycles. The van der Waals surface area contributed by atoms with Crippen LogP contribution in [-0.2, 0) is 10.2 Å². The molecule has 0 rings (SSSR count). The topological polar surface area (TPSA) is 69.6 Å². The van der Waals surface area contributed by atoms with Gasteiger partial charge in [-0.15, -0.1) is 0 Å². The van der Waals surface area contributed by atoms with Crippen molar-refractivity contribution < 1.29 is 22.3 Å². The van der Waals surface area contributed by atoms with Gasteiger partial charge in [0.2, 0.25) is 0 Å². The Hall–Kier alpha value is -0.310. The van der Waals surface area contributed by atoms with Crippen LogP contribution in [0, 0.1) is 0 Å². The number of rotatable bonds is 9. The van der Waals surface area contributed by atoms with E-state index in [-0.39, 0.29) is 13.1 Å². The molecule has 8 heteroatoms. The third-order valence-electron chi connectivity index (χ3n) is 2.03. The van der Waals surface area contributed by atoms with Gasteiger partial charge < -0.3 is 5.11 Å². The summed E-state index contributed by atoms with van der Waals surface area (Å²) in [5.74, 6) is -3.43. The van der Waals surface area contributed by atoms with E-state index in [0.717, 1.165) is 4.31 Å². The van der Waals surface area contributed by atoms with Crippen LogP contribution >= 0.6 is 0 Å². The molecule has 5 nitrogen and oxygen atoms in total. The van der Waals surface area contributed by atoms with Crippen molar-refractivity contribution in [1.29, 1.82) is 0 Å². The highest BCUT2D eigenvalue weighted by Crippen LogP contribution is 2.11. The van der Waals surface area contributed by atoms with E-state index in [1.807, 2.05) is 4.72 Å². The summed E-state index contributed by atoms with van der Waals surface area (Å²) in [5.41, 5.74) is 0. The van der Waals surface area contributed by atoms with E-state index in [2.05, 4.69) is 0 Å². The fraction of sp³-hybridized carbons (Fsp3) is 1.00. The molecule has 0 aromatic rings. The van der Waals surface area contributed by atoms with Crippen LogP contribution in [0.15, 0.2) is 0 Å². The van der Waals surface area contributed by atoms with Crippen molar-refractivity contribution in [3.8, 4) is 0 Å². The Morgan fingerprint density at radius 3 is 2.06 bits per heavy atom. The second kappa shape index (κ2) is 7.20. The number of hydrogen-bond donors (Lipinski definition) is 2. The molecule has 0 spiro atoms. The Balaban J connectivity index is 4.52. The van der Waals surface area contributed by atoms with Crippen LogP contribution in [0.2, 0.25) is 0 Å². The van der Waals surface area contributed by atoms with Crippen LogP contribution in [0.25, 0.3) is 0 Å². The highest BCUT2D eigenvalue weighted by atomic mass is 32.2. The first-order valence-electron chi connectivity index (χ1n) is 5.52. The molecule has 0 aliphatic carbocycles. The first-order chi connectivity index (χ1) is 7.79. The van der Waals surface area contributed by atoms with Crippen LogP contribution in [0.5, 0.6) is 0 Å². The van der Waals surface area contributed by atoms with Gasteiger partial charge >= 0.3 is 0 Å². The summed E-state index contributed by atoms with van der Waals surface area (Å²) in [4.78, 5) is 0. The molecule has 0 bridgehead atoms. The van der Waals surface area contributed by atoms with Crippen molar-refractivity contribution in [2.45, 2.75) is 32.6 Å². The van der Waals surface area contributed by atoms with E-state index >= 15 is 0 Å². The minimum atomic E-state index is -3.90. The van der Waals surface area contributed by atoms with Gasteiger partial charge in [0.15, 0.2) is 0 Å². The minimum Gasteiger partial charge on any atom is -0.390 e. The zero-order chi connectivity index (χ0) is 13.5. The number of hydrogen-bond acceptors (Lipinski definition) is 3. The quantitative estimate of drug-likeness (QED) is 0.646. The predicted octanol–water partition coefficient (Wildman–Crippen LogP) is 0.570. The lowest BCUT2D eigenvalue weighted by molar-refractivity contribution is -0.0439. The average molecular weight is 274 g/mol. The minimum absolute atomic E-state index is 0.286. The van der Waals surface area contributed by atoms with Gasteiger partial charge in [-0.3, -0.25) is 0 Å². The van der Waals surface area contributed by atoms with Gasteiger partial charge in [0.05, 0.1) is 6.54 Å². The van der Waals surface area contributed by atoms with Crippen molar-refractivity contribution in [2.24, 2.45) is 0 Å². The summed E-state index contributed by atoms with van der Waals surface area (Å²) in [6.45, 7) is 1.72. The molecule has 2 N–H and O–H groups in total. The third-order valence-corrected chi connectivity index (χ3v) is 3.58. The maximum absolute atomic E-state index is 12.7. The van der Waals surface area contributed by atoms with E-state index in [1.165, 1.54) is 0 Å². The number of halogens is 2. The molecule has 0 unspecified atom stereocenters. The number of alkyl halides is 2. The van der Waals surface area contributed by atoms with E-state index in [9.17, 15) is 17.2 Å². The highest BCUT2D eigenvalue weighted by Gasteiger charge is 2.31. The second-order valence-corrected chi connectivity index (χ2v) is 5.49. The fourth-order valence-corrected chi connectivity index (χ4v) is 2.62. The molecule has 0 radical (unpaired) electrons. The van der Waals surface area contributed by atoms with Gasteiger partial charge in [0.1, 0.15) is 6.61 Å². The normalized spacial score (nSPS) is 13.3. The molecule has 0 heterocycles. The summed E-state index contributed by atoms with van der Waals surface area (Å²) in [5, 5.41) is 8.34. The van der Waals surface area contributed by atoms with E-state index in [0.29, 0.717) is 12.8 Å². The Labute approximate surface area is 101 Å². The largest absolute Gasteiger partial charge is 0.390 e. The van der Waals surface area contributed by atoms with Crippen LogP contribution in [-0.4, -0.2) is 50.0 Å². The molecule has 0 fully saturated rings. The van der Waals surface area contributed by atoms with Crippen molar-refractivity contribution in [1.82, 2.24) is 9.03 Å². The van der Waals surface area contributed by atoms with Gasteiger partial charge in [-0.25, -0.2) is 8.78 Å². The summed E-state index contributed by atoms with van der Waals surface area (Å²) in [6, 6.07) is 0. The predicted molar refractivity (Wildman–Crippen MR) is 61.1 cm³/mol. The zero-order valence-electron chi connectivity index (χ0n) is 10.1. The molecule has 0 saturated carbocycles. The number of nitrogens with zero attached hydrogens (tertiary/aromatic N) is 1. The molecule has 0 aromatic carbocycles. The highest BCUT2D eigenvalue weighted by molar-refractivity contribution is 7.87. The number of aliphatic hydroxyl groups is 1. The number of aliphatic hydroxyl groups excluding tert-OH is 1. The molecule has 0 amide bonds. The number of nitrogens with one attached hydrogen (secondary N) is 1. The van der Waals surface area contributed by atoms with Crippen LogP contribution in [0.1, 0.15) is 26.7 Å². The first-order valence-corrected chi connectivity index (χ1v) is 6.96. The SMILES string of the molecule is CCCN(CCC)S(=O)(=O)NCC(F)(F)CO. The summed E-state index contributed by atoms with van der Waals surface area (Å²) in [6.07, 6.45) is 1.22. The van der Waals surface area contributed by atoms with Gasteiger partial charge in [-0.1, -0.05) is 13.8 Å². The van der Waals surface area contributed by atoms with Crippen LogP contribution in [0.3, 0.4) is 0 Å². The smallest absolute Gasteiger partial charge is 0.283 e. The van der Waals surface area contributed by atoms with Gasteiger partial charge in [-0.05, 0) is 12.8 Å². The fourth-order valence-electron chi connectivity index (χ4n) is 1.19. The molecular formula is C9H20F2N2O3S. The van der Waals surface area contributed by atoms with Gasteiger partial charge in [-0.2, -0.15) is 17.4 Å². The van der Waals surface area contributed by atoms with Crippen LogP contribution < -0.4 is 4.72 Å². The third kappa shape index (κ3) is 6.25. The second-order valence-electron chi connectivity index (χ2n) is 3.74. The van der Waals surface area contributed by atoms with Crippen molar-refractivity contribution >= 4 is 10.2 Å². The first kappa shape index (κ1) is 16.7. The van der Waals surface area contributed by atoms with Gasteiger partial charge in [0.25, 0.3) is 16.1 Å². The Kier molecular flexibility index (Phi) is 7.07. The lowest BCUT2D eigenvalue weighted by Crippen LogP contribution is -2.46. The Morgan fingerprint density at radius 2 is 1.71 bits per heavy atom. The Morgan fingerprint density at radius 1 is 1.24 bits per heavy atom. The van der Waals surface area contributed by atoms with Crippen molar-refractivity contribution in [3.63, 3.8) is 0 Å². The summed E-state index contributed by atoms with van der Waals surface area (Å²) >= 11 is 0. The summed E-state index contributed by atoms with van der Waals surface area (Å²) < 4.78 is 51.7. The van der Waals surface area contributed by atoms with Crippen molar-refractivity contribution in [3.05, 3.63) is 0 Å². The molecule has 0 atom stereocenters. The molecule has 17 heavy (non-hydrogen) atoms. The average Bonchev–Trinajstić information content (AvgIpc) is 2.27. The molecule has 104 valence electrons. The molecule has 0 aromatic heterocycles. The Bertz CT molecular complexity index is 303. The monoisotopic (exact) mass is 274 g/mol. The maximum Gasteiger partial charge on any atom is 0.283 e. The maximum atomic E-state index is 12.7. The lowest BCUT2D eigenvalue weighted by atomic mass is 10.4. The van der Waals surface area contributed by atoms with Crippen LogP contribution in [0.4, 0.5) is 8.78 Å². The lowest BCUT2D eigenvalue weighted by Gasteiger charge is -2.22. The van der Waals surface area contributed by atoms with E-state index in [1.54, 1.807) is 13.8 Å². The zero-order valence-corrected chi connectivity index (χ0v) is 10.9. The molecule has 0 aliphatic heterocycles. The standard InChI is InChI=1S/C9H20F2N2O3S/c1-3-5-13(6-4-2)17(15,16)12-7-9(10,11)8-14/h12,14H,3-8H2,1-2H3. The van der Waals surface area contributed by atoms with Crippen molar-refractivity contribution in [2.75, 3.05) is 26.2 Å². The molecule has 0 aliphatic rings. The molecular weight excluding hydrogens is 254 g/mol. The van der Waals surface area contributed by atoms with E-state index in [4.69, 9.17) is 5.11 Å². The van der Waals surface area contributed by atoms with E-state index < -0.39 is 29.3 Å². The van der Waals surface area contributed by atoms with Gasteiger partial charge in [0, 0.05) is 13.1 Å². The summed E-state index contributed by atoms with van der Waals surface area (Å²) in [7, 11) is -3.90.